The minimum Gasteiger partial charge on any atom is -0.336 e. The molecule has 6 heteroatoms. The fraction of sp³-hybridized carbons (Fsp3) is 0.250. The molecule has 114 valence electrons. The number of rotatable bonds is 4. The molecular weight excluding hydrogens is 298 g/mol. The van der Waals surface area contributed by atoms with Crippen molar-refractivity contribution in [3.05, 3.63) is 46.2 Å². The molecule has 0 radical (unpaired) electrons. The minimum atomic E-state index is -0.118. The molecule has 2 aromatic rings. The lowest BCUT2D eigenvalue weighted by Gasteiger charge is -2.15. The molecule has 3 amide bonds. The Hall–Kier alpha value is -2.34. The summed E-state index contributed by atoms with van der Waals surface area (Å²) in [4.78, 5) is 27.5. The van der Waals surface area contributed by atoms with Crippen LogP contribution in [-0.2, 0) is 6.42 Å². The second kappa shape index (κ2) is 6.19. The van der Waals surface area contributed by atoms with E-state index in [1.165, 1.54) is 16.2 Å². The second-order valence-corrected chi connectivity index (χ2v) is 6.18. The number of nitrogens with one attached hydrogen (secondary N) is 2. The summed E-state index contributed by atoms with van der Waals surface area (Å²) in [6.07, 6.45) is 0.928. The monoisotopic (exact) mass is 315 g/mol. The highest BCUT2D eigenvalue weighted by Gasteiger charge is 2.21. The summed E-state index contributed by atoms with van der Waals surface area (Å²) >= 11 is 1.50. The fourth-order valence-corrected chi connectivity index (χ4v) is 3.19. The molecule has 1 aromatic carbocycles. The Morgan fingerprint density at radius 2 is 2.23 bits per heavy atom. The zero-order valence-electron chi connectivity index (χ0n) is 12.3. The molecule has 2 N–H and O–H groups in total. The first-order valence-corrected chi connectivity index (χ1v) is 8.04. The van der Waals surface area contributed by atoms with E-state index < -0.39 is 0 Å². The summed E-state index contributed by atoms with van der Waals surface area (Å²) in [5, 5.41) is 5.65. The molecule has 1 fully saturated rings. The standard InChI is InChI=1S/C16H17N3O2S/c1-2-13-6-7-14(22-13)15(20)18-11-4-3-5-12(10-11)19-9-8-17-16(19)21/h3-7,10H,2,8-9H2,1H3,(H,17,21)(H,18,20). The van der Waals surface area contributed by atoms with Crippen molar-refractivity contribution in [1.29, 1.82) is 0 Å². The van der Waals surface area contributed by atoms with Crippen molar-refractivity contribution in [1.82, 2.24) is 5.32 Å². The molecule has 0 aliphatic carbocycles. The van der Waals surface area contributed by atoms with Crippen LogP contribution in [0.2, 0.25) is 0 Å². The molecule has 2 heterocycles. The van der Waals surface area contributed by atoms with E-state index in [1.807, 2.05) is 36.4 Å². The lowest BCUT2D eigenvalue weighted by molar-refractivity contribution is 0.103. The maximum atomic E-state index is 12.2. The second-order valence-electron chi connectivity index (χ2n) is 5.01. The third kappa shape index (κ3) is 2.96. The third-order valence-electron chi connectivity index (χ3n) is 3.51. The molecule has 0 spiro atoms. The van der Waals surface area contributed by atoms with Gasteiger partial charge in [0.05, 0.1) is 4.88 Å². The lowest BCUT2D eigenvalue weighted by atomic mass is 10.2. The van der Waals surface area contributed by atoms with E-state index in [9.17, 15) is 9.59 Å². The number of hydrogen-bond donors (Lipinski definition) is 2. The first kappa shape index (κ1) is 14.6. The van der Waals surface area contributed by atoms with Gasteiger partial charge in [-0.3, -0.25) is 9.69 Å². The van der Waals surface area contributed by atoms with Crippen LogP contribution >= 0.6 is 11.3 Å². The lowest BCUT2D eigenvalue weighted by Crippen LogP contribution is -2.27. The average Bonchev–Trinajstić information content (AvgIpc) is 3.16. The quantitative estimate of drug-likeness (QED) is 0.911. The molecule has 22 heavy (non-hydrogen) atoms. The Labute approximate surface area is 132 Å². The predicted molar refractivity (Wildman–Crippen MR) is 88.8 cm³/mol. The fourth-order valence-electron chi connectivity index (χ4n) is 2.35. The van der Waals surface area contributed by atoms with Crippen LogP contribution in [0.15, 0.2) is 36.4 Å². The van der Waals surface area contributed by atoms with Gasteiger partial charge in [0, 0.05) is 29.3 Å². The van der Waals surface area contributed by atoms with Gasteiger partial charge in [-0.2, -0.15) is 0 Å². The van der Waals surface area contributed by atoms with E-state index in [1.54, 1.807) is 4.90 Å². The predicted octanol–water partition coefficient (Wildman–Crippen LogP) is 3.09. The van der Waals surface area contributed by atoms with Gasteiger partial charge >= 0.3 is 6.03 Å². The molecule has 3 rings (SSSR count). The normalized spacial score (nSPS) is 14.0. The Morgan fingerprint density at radius 3 is 2.91 bits per heavy atom. The number of thiophene rings is 1. The highest BCUT2D eigenvalue weighted by atomic mass is 32.1. The Morgan fingerprint density at radius 1 is 1.36 bits per heavy atom. The number of nitrogens with zero attached hydrogens (tertiary/aromatic N) is 1. The number of carbonyl (C=O) groups excluding carboxylic acids is 2. The van der Waals surface area contributed by atoms with Crippen molar-refractivity contribution >= 4 is 34.6 Å². The van der Waals surface area contributed by atoms with Gasteiger partial charge in [-0.15, -0.1) is 11.3 Å². The van der Waals surface area contributed by atoms with E-state index in [4.69, 9.17) is 0 Å². The number of anilines is 2. The van der Waals surface area contributed by atoms with Crippen LogP contribution in [0, 0.1) is 0 Å². The molecule has 5 nitrogen and oxygen atoms in total. The zero-order chi connectivity index (χ0) is 15.5. The molecule has 0 unspecified atom stereocenters. The number of carbonyl (C=O) groups is 2. The third-order valence-corrected chi connectivity index (χ3v) is 4.73. The number of urea groups is 1. The Balaban J connectivity index is 1.75. The van der Waals surface area contributed by atoms with Crippen LogP contribution in [0.3, 0.4) is 0 Å². The highest BCUT2D eigenvalue weighted by molar-refractivity contribution is 7.14. The summed E-state index contributed by atoms with van der Waals surface area (Å²) in [7, 11) is 0. The van der Waals surface area contributed by atoms with Gasteiger partial charge in [0.15, 0.2) is 0 Å². The smallest absolute Gasteiger partial charge is 0.321 e. The van der Waals surface area contributed by atoms with Crippen LogP contribution in [0.5, 0.6) is 0 Å². The molecule has 0 saturated carbocycles. The molecule has 0 atom stereocenters. The van der Waals surface area contributed by atoms with Crippen molar-refractivity contribution < 1.29 is 9.59 Å². The number of benzene rings is 1. The number of amides is 3. The molecule has 1 aliphatic heterocycles. The van der Waals surface area contributed by atoms with Gasteiger partial charge in [0.1, 0.15) is 0 Å². The van der Waals surface area contributed by atoms with Crippen LogP contribution in [0.25, 0.3) is 0 Å². The van der Waals surface area contributed by atoms with Gasteiger partial charge in [-0.05, 0) is 36.8 Å². The zero-order valence-corrected chi connectivity index (χ0v) is 13.1. The van der Waals surface area contributed by atoms with Crippen LogP contribution in [0.4, 0.5) is 16.2 Å². The summed E-state index contributed by atoms with van der Waals surface area (Å²) in [5.74, 6) is -0.118. The molecule has 1 aromatic heterocycles. The van der Waals surface area contributed by atoms with Crippen LogP contribution < -0.4 is 15.5 Å². The largest absolute Gasteiger partial charge is 0.336 e. The molecular formula is C16H17N3O2S. The van der Waals surface area contributed by atoms with Gasteiger partial charge in [0.2, 0.25) is 0 Å². The molecule has 1 saturated heterocycles. The summed E-state index contributed by atoms with van der Waals surface area (Å²) < 4.78 is 0. The van der Waals surface area contributed by atoms with E-state index in [0.717, 1.165) is 12.1 Å². The molecule has 0 bridgehead atoms. The van der Waals surface area contributed by atoms with Crippen molar-refractivity contribution in [2.75, 3.05) is 23.3 Å². The van der Waals surface area contributed by atoms with Crippen molar-refractivity contribution in [2.24, 2.45) is 0 Å². The minimum absolute atomic E-state index is 0.102. The van der Waals surface area contributed by atoms with Crippen molar-refractivity contribution in [2.45, 2.75) is 13.3 Å². The van der Waals surface area contributed by atoms with E-state index >= 15 is 0 Å². The van der Waals surface area contributed by atoms with Gasteiger partial charge in [0.25, 0.3) is 5.91 Å². The molecule has 1 aliphatic rings. The van der Waals surface area contributed by atoms with Crippen molar-refractivity contribution in [3.63, 3.8) is 0 Å². The Bertz CT molecular complexity index is 711. The first-order chi connectivity index (χ1) is 10.7. The van der Waals surface area contributed by atoms with Gasteiger partial charge in [-0.25, -0.2) is 4.79 Å². The Kier molecular flexibility index (Phi) is 4.11. The van der Waals surface area contributed by atoms with E-state index in [0.29, 0.717) is 23.7 Å². The maximum absolute atomic E-state index is 12.2. The van der Waals surface area contributed by atoms with Crippen molar-refractivity contribution in [3.8, 4) is 0 Å². The summed E-state index contributed by atoms with van der Waals surface area (Å²) in [5.41, 5.74) is 1.47. The summed E-state index contributed by atoms with van der Waals surface area (Å²) in [6, 6.07) is 11.1. The summed E-state index contributed by atoms with van der Waals surface area (Å²) in [6.45, 7) is 3.35. The number of aryl methyl sites for hydroxylation is 1. The number of hydrogen-bond acceptors (Lipinski definition) is 3. The topological polar surface area (TPSA) is 61.4 Å². The van der Waals surface area contributed by atoms with Gasteiger partial charge < -0.3 is 10.6 Å². The highest BCUT2D eigenvalue weighted by Crippen LogP contribution is 2.23. The van der Waals surface area contributed by atoms with Gasteiger partial charge in [-0.1, -0.05) is 13.0 Å². The first-order valence-electron chi connectivity index (χ1n) is 7.23. The maximum Gasteiger partial charge on any atom is 0.321 e. The van der Waals surface area contributed by atoms with E-state index in [2.05, 4.69) is 17.6 Å². The van der Waals surface area contributed by atoms with Crippen LogP contribution in [0.1, 0.15) is 21.5 Å². The van der Waals surface area contributed by atoms with Crippen LogP contribution in [-0.4, -0.2) is 25.0 Å². The SMILES string of the molecule is CCc1ccc(C(=O)Nc2cccc(N3CCNC3=O)c2)s1. The van der Waals surface area contributed by atoms with E-state index in [-0.39, 0.29) is 11.9 Å². The average molecular weight is 315 g/mol.